The minimum absolute atomic E-state index is 0.0675. The third-order valence-corrected chi connectivity index (χ3v) is 11.5. The van der Waals surface area contributed by atoms with Gasteiger partial charge in [0.1, 0.15) is 16.3 Å². The van der Waals surface area contributed by atoms with Crippen molar-refractivity contribution in [3.8, 4) is 0 Å². The van der Waals surface area contributed by atoms with E-state index in [4.69, 9.17) is 0 Å². The standard InChI is InChI=1S/C29H27N3O7S2/c33-26(25-18-9-13-20(14-10-18)32(25)41(38,39)24-6-3-15-40-24)30-23(29(36)37)16-17-7-11-19(12-8-17)31-27(34)21-4-1-2-5-22(21)28(31)35/h1-8,11-12,15,18,20,23,25H,9-10,13-14,16H2,(H,30,33)(H,36,37). The number of piperidine rings is 2. The number of hydrogen-bond donors (Lipinski definition) is 2. The third kappa shape index (κ3) is 4.75. The molecule has 2 aromatic carbocycles. The van der Waals surface area contributed by atoms with E-state index in [1.54, 1.807) is 60.0 Å². The number of nitrogens with zero attached hydrogens (tertiary/aromatic N) is 2. The van der Waals surface area contributed by atoms with E-state index in [1.807, 2.05) is 0 Å². The molecular formula is C29H27N3O7S2. The maximum atomic E-state index is 13.6. The number of carbonyl (C=O) groups is 4. The molecule has 2 unspecified atom stereocenters. The first-order valence-electron chi connectivity index (χ1n) is 13.3. The van der Waals surface area contributed by atoms with Gasteiger partial charge in [0.25, 0.3) is 21.8 Å². The van der Waals surface area contributed by atoms with E-state index in [1.165, 1.54) is 10.4 Å². The number of aliphatic carboxylic acids is 1. The first kappa shape index (κ1) is 27.3. The van der Waals surface area contributed by atoms with Crippen molar-refractivity contribution in [2.24, 2.45) is 5.92 Å². The van der Waals surface area contributed by atoms with Gasteiger partial charge in [0, 0.05) is 12.5 Å². The molecule has 2 atom stereocenters. The number of rotatable bonds is 8. The summed E-state index contributed by atoms with van der Waals surface area (Å²) in [7, 11) is -3.92. The van der Waals surface area contributed by atoms with Crippen molar-refractivity contribution in [3.05, 3.63) is 82.7 Å². The fraction of sp³-hybridized carbons (Fsp3) is 0.310. The van der Waals surface area contributed by atoms with Gasteiger partial charge < -0.3 is 10.4 Å². The Hall–Kier alpha value is -3.87. The first-order valence-corrected chi connectivity index (χ1v) is 15.7. The molecule has 1 aliphatic carbocycles. The number of benzene rings is 2. The maximum Gasteiger partial charge on any atom is 0.326 e. The monoisotopic (exact) mass is 593 g/mol. The Morgan fingerprint density at radius 2 is 1.56 bits per heavy atom. The van der Waals surface area contributed by atoms with E-state index in [9.17, 15) is 32.7 Å². The number of carboxylic acid groups (broad SMARTS) is 1. The molecule has 4 heterocycles. The summed E-state index contributed by atoms with van der Waals surface area (Å²) in [5, 5.41) is 14.2. The Bertz CT molecular complexity index is 1590. The number of nitrogens with one attached hydrogen (secondary N) is 1. The van der Waals surface area contributed by atoms with Gasteiger partial charge in [-0.2, -0.15) is 4.31 Å². The predicted octanol–water partition coefficient (Wildman–Crippen LogP) is 3.29. The molecule has 2 saturated heterocycles. The van der Waals surface area contributed by atoms with E-state index < -0.39 is 45.8 Å². The minimum atomic E-state index is -3.92. The van der Waals surface area contributed by atoms with Gasteiger partial charge in [0.05, 0.1) is 16.8 Å². The van der Waals surface area contributed by atoms with Crippen LogP contribution in [0, 0.1) is 5.92 Å². The highest BCUT2D eigenvalue weighted by Gasteiger charge is 2.51. The van der Waals surface area contributed by atoms with Crippen LogP contribution in [0.5, 0.6) is 0 Å². The zero-order valence-electron chi connectivity index (χ0n) is 21.8. The molecule has 2 bridgehead atoms. The zero-order chi connectivity index (χ0) is 28.9. The molecule has 3 aromatic rings. The highest BCUT2D eigenvalue weighted by molar-refractivity contribution is 7.91. The number of carbonyl (C=O) groups excluding carboxylic acids is 3. The second kappa shape index (κ2) is 10.5. The molecule has 1 aromatic heterocycles. The summed E-state index contributed by atoms with van der Waals surface area (Å²) in [5.41, 5.74) is 1.55. The van der Waals surface area contributed by atoms with Gasteiger partial charge >= 0.3 is 5.97 Å². The van der Waals surface area contributed by atoms with Crippen molar-refractivity contribution in [2.45, 2.75) is 54.4 Å². The molecule has 2 N–H and O–H groups in total. The van der Waals surface area contributed by atoms with Gasteiger partial charge in [-0.25, -0.2) is 18.1 Å². The lowest BCUT2D eigenvalue weighted by Crippen LogP contribution is -2.63. The van der Waals surface area contributed by atoms with Crippen molar-refractivity contribution in [1.82, 2.24) is 9.62 Å². The van der Waals surface area contributed by atoms with Crippen LogP contribution in [0.1, 0.15) is 52.0 Å². The molecule has 0 spiro atoms. The SMILES string of the molecule is O=C(O)C(Cc1ccc(N2C(=O)c3ccccc3C2=O)cc1)NC(=O)C1C2CCC(CC2)N1S(=O)(=O)c1cccs1. The predicted molar refractivity (Wildman–Crippen MR) is 150 cm³/mol. The molecule has 4 aliphatic rings. The van der Waals surface area contributed by atoms with E-state index in [-0.39, 0.29) is 22.6 Å². The number of anilines is 1. The van der Waals surface area contributed by atoms with Crippen molar-refractivity contribution in [2.75, 3.05) is 4.90 Å². The van der Waals surface area contributed by atoms with E-state index in [0.717, 1.165) is 16.2 Å². The van der Waals surface area contributed by atoms with E-state index >= 15 is 0 Å². The summed E-state index contributed by atoms with van der Waals surface area (Å²) in [4.78, 5) is 52.4. The minimum Gasteiger partial charge on any atom is -0.480 e. The van der Waals surface area contributed by atoms with Crippen LogP contribution in [0.25, 0.3) is 0 Å². The molecule has 41 heavy (non-hydrogen) atoms. The van der Waals surface area contributed by atoms with Crippen LogP contribution in [0.3, 0.4) is 0 Å². The summed E-state index contributed by atoms with van der Waals surface area (Å²) >= 11 is 1.09. The molecule has 3 fully saturated rings. The van der Waals surface area contributed by atoms with Gasteiger partial charge in [0.15, 0.2) is 0 Å². The normalized spacial score (nSPS) is 22.9. The number of sulfonamides is 1. The average Bonchev–Trinajstić information content (AvgIpc) is 3.61. The average molecular weight is 594 g/mol. The molecule has 12 heteroatoms. The molecule has 3 amide bonds. The number of amides is 3. The van der Waals surface area contributed by atoms with Crippen molar-refractivity contribution >= 4 is 50.7 Å². The van der Waals surface area contributed by atoms with Gasteiger partial charge in [-0.15, -0.1) is 11.3 Å². The topological polar surface area (TPSA) is 141 Å². The summed E-state index contributed by atoms with van der Waals surface area (Å²) < 4.78 is 28.5. The summed E-state index contributed by atoms with van der Waals surface area (Å²) in [6, 6.07) is 13.5. The number of imide groups is 1. The van der Waals surface area contributed by atoms with Crippen molar-refractivity contribution in [1.29, 1.82) is 0 Å². The number of hydrogen-bond acceptors (Lipinski definition) is 7. The molecular weight excluding hydrogens is 566 g/mol. The number of thiophene rings is 1. The molecule has 212 valence electrons. The van der Waals surface area contributed by atoms with Crippen LogP contribution in [0.4, 0.5) is 5.69 Å². The first-order chi connectivity index (χ1) is 19.7. The van der Waals surface area contributed by atoms with Crippen LogP contribution >= 0.6 is 11.3 Å². The maximum absolute atomic E-state index is 13.6. The van der Waals surface area contributed by atoms with Crippen LogP contribution in [-0.2, 0) is 26.0 Å². The molecule has 0 radical (unpaired) electrons. The molecule has 1 saturated carbocycles. The Morgan fingerprint density at radius 3 is 2.12 bits per heavy atom. The fourth-order valence-electron chi connectivity index (χ4n) is 6.19. The second-order valence-corrected chi connectivity index (χ2v) is 13.6. The Balaban J connectivity index is 1.19. The molecule has 7 rings (SSSR count). The Labute approximate surface area is 240 Å². The summed E-state index contributed by atoms with van der Waals surface area (Å²) in [6.45, 7) is 0. The lowest BCUT2D eigenvalue weighted by atomic mass is 9.76. The van der Waals surface area contributed by atoms with Gasteiger partial charge in [-0.05, 0) is 72.9 Å². The largest absolute Gasteiger partial charge is 0.480 e. The third-order valence-electron chi connectivity index (χ3n) is 8.16. The van der Waals surface area contributed by atoms with Crippen LogP contribution in [-0.4, -0.2) is 59.6 Å². The number of carboxylic acids is 1. The van der Waals surface area contributed by atoms with E-state index in [2.05, 4.69) is 5.32 Å². The highest BCUT2D eigenvalue weighted by atomic mass is 32.2. The quantitative estimate of drug-likeness (QED) is 0.382. The van der Waals surface area contributed by atoms with Gasteiger partial charge in [-0.1, -0.05) is 30.3 Å². The Morgan fingerprint density at radius 1 is 0.927 bits per heavy atom. The van der Waals surface area contributed by atoms with Gasteiger partial charge in [-0.3, -0.25) is 14.4 Å². The molecule has 3 aliphatic heterocycles. The highest BCUT2D eigenvalue weighted by Crippen LogP contribution is 2.43. The fourth-order valence-corrected chi connectivity index (χ4v) is 9.18. The zero-order valence-corrected chi connectivity index (χ0v) is 23.4. The smallest absolute Gasteiger partial charge is 0.326 e. The summed E-state index contributed by atoms with van der Waals surface area (Å²) in [6.07, 6.45) is 2.68. The van der Waals surface area contributed by atoms with Crippen molar-refractivity contribution < 1.29 is 32.7 Å². The Kier molecular flexibility index (Phi) is 7.00. The molecule has 10 nitrogen and oxygen atoms in total. The van der Waals surface area contributed by atoms with Crippen LogP contribution in [0.2, 0.25) is 0 Å². The lowest BCUT2D eigenvalue weighted by molar-refractivity contribution is -0.143. The number of fused-ring (bicyclic) bond motifs is 4. The van der Waals surface area contributed by atoms with Crippen LogP contribution < -0.4 is 10.2 Å². The summed E-state index contributed by atoms with van der Waals surface area (Å²) in [5.74, 6) is -2.93. The lowest BCUT2D eigenvalue weighted by Gasteiger charge is -2.49. The van der Waals surface area contributed by atoms with E-state index in [0.29, 0.717) is 48.1 Å². The van der Waals surface area contributed by atoms with Crippen LogP contribution in [0.15, 0.2) is 70.3 Å². The second-order valence-electron chi connectivity index (χ2n) is 10.5. The van der Waals surface area contributed by atoms with Crippen molar-refractivity contribution in [3.63, 3.8) is 0 Å². The van der Waals surface area contributed by atoms with Gasteiger partial charge in [0.2, 0.25) is 5.91 Å².